The van der Waals surface area contributed by atoms with E-state index in [1.54, 1.807) is 31.1 Å². The summed E-state index contributed by atoms with van der Waals surface area (Å²) in [5.41, 5.74) is 0.563. The zero-order valence-corrected chi connectivity index (χ0v) is 10.9. The largest absolute Gasteiger partial charge is 0.390 e. The Morgan fingerprint density at radius 2 is 2.06 bits per heavy atom. The Bertz CT molecular complexity index is 396. The van der Waals surface area contributed by atoms with Gasteiger partial charge in [0.2, 0.25) is 0 Å². The Labute approximate surface area is 109 Å². The SMILES string of the molecule is CNc1ccc(Cl)c(CN(C)CCC(F)(F)F)n1. The van der Waals surface area contributed by atoms with Crippen LogP contribution in [0.4, 0.5) is 19.0 Å². The van der Waals surface area contributed by atoms with Crippen molar-refractivity contribution in [2.75, 3.05) is 26.0 Å². The Hall–Kier alpha value is -1.01. The van der Waals surface area contributed by atoms with Gasteiger partial charge in [0, 0.05) is 20.1 Å². The van der Waals surface area contributed by atoms with Crippen molar-refractivity contribution in [3.63, 3.8) is 0 Å². The molecule has 7 heteroatoms. The summed E-state index contributed by atoms with van der Waals surface area (Å²) in [7, 11) is 3.32. The predicted molar refractivity (Wildman–Crippen MR) is 65.8 cm³/mol. The van der Waals surface area contributed by atoms with E-state index in [0.717, 1.165) is 0 Å². The molecule has 0 unspecified atom stereocenters. The Kier molecular flexibility index (Phi) is 5.22. The molecule has 102 valence electrons. The van der Waals surface area contributed by atoms with Crippen LogP contribution in [-0.4, -0.2) is 36.7 Å². The van der Waals surface area contributed by atoms with E-state index in [2.05, 4.69) is 10.3 Å². The first-order chi connectivity index (χ1) is 8.31. The first kappa shape index (κ1) is 15.0. The normalized spacial score (nSPS) is 11.9. The molecule has 3 nitrogen and oxygen atoms in total. The minimum Gasteiger partial charge on any atom is -0.373 e. The molecule has 0 fully saturated rings. The maximum absolute atomic E-state index is 12.1. The molecule has 0 atom stereocenters. The molecule has 0 spiro atoms. The zero-order valence-electron chi connectivity index (χ0n) is 10.2. The standard InChI is InChI=1S/C11H15ClF3N3/c1-16-10-4-3-8(12)9(17-10)7-18(2)6-5-11(13,14)15/h3-4H,5-7H2,1-2H3,(H,16,17). The molecule has 0 radical (unpaired) electrons. The minimum absolute atomic E-state index is 0.0781. The molecule has 1 aromatic rings. The van der Waals surface area contributed by atoms with Gasteiger partial charge < -0.3 is 10.2 Å². The minimum atomic E-state index is -4.14. The van der Waals surface area contributed by atoms with Crippen molar-refractivity contribution in [2.45, 2.75) is 19.1 Å². The molecule has 0 aliphatic carbocycles. The van der Waals surface area contributed by atoms with E-state index in [-0.39, 0.29) is 13.1 Å². The Balaban J connectivity index is 2.61. The van der Waals surface area contributed by atoms with Gasteiger partial charge in [0.15, 0.2) is 0 Å². The van der Waals surface area contributed by atoms with Crippen LogP contribution in [-0.2, 0) is 6.54 Å². The van der Waals surface area contributed by atoms with Crippen LogP contribution in [0.1, 0.15) is 12.1 Å². The molecule has 0 amide bonds. The van der Waals surface area contributed by atoms with E-state index in [0.29, 0.717) is 16.5 Å². The molecule has 0 aliphatic heterocycles. The lowest BCUT2D eigenvalue weighted by Crippen LogP contribution is -2.24. The fourth-order valence-electron chi connectivity index (χ4n) is 1.39. The molecule has 1 N–H and O–H groups in total. The van der Waals surface area contributed by atoms with Gasteiger partial charge in [-0.15, -0.1) is 0 Å². The van der Waals surface area contributed by atoms with E-state index in [1.807, 2.05) is 0 Å². The van der Waals surface area contributed by atoms with Crippen molar-refractivity contribution < 1.29 is 13.2 Å². The highest BCUT2D eigenvalue weighted by Crippen LogP contribution is 2.21. The Morgan fingerprint density at radius 3 is 2.61 bits per heavy atom. The second-order valence-corrected chi connectivity index (χ2v) is 4.39. The van der Waals surface area contributed by atoms with Crippen molar-refractivity contribution >= 4 is 17.4 Å². The molecular weight excluding hydrogens is 267 g/mol. The lowest BCUT2D eigenvalue weighted by atomic mass is 10.3. The second-order valence-electron chi connectivity index (χ2n) is 3.98. The van der Waals surface area contributed by atoms with Gasteiger partial charge in [-0.25, -0.2) is 4.98 Å². The first-order valence-electron chi connectivity index (χ1n) is 5.40. The molecule has 0 aliphatic rings. The van der Waals surface area contributed by atoms with Gasteiger partial charge in [-0.3, -0.25) is 0 Å². The van der Waals surface area contributed by atoms with Crippen LogP contribution < -0.4 is 5.32 Å². The summed E-state index contributed by atoms with van der Waals surface area (Å²) < 4.78 is 36.2. The van der Waals surface area contributed by atoms with Gasteiger partial charge in [-0.05, 0) is 19.2 Å². The average molecular weight is 282 g/mol. The van der Waals surface area contributed by atoms with Crippen LogP contribution in [0, 0.1) is 0 Å². The van der Waals surface area contributed by atoms with Crippen LogP contribution in [0.5, 0.6) is 0 Å². The molecule has 0 bridgehead atoms. The molecule has 1 rings (SSSR count). The van der Waals surface area contributed by atoms with Crippen LogP contribution in [0.3, 0.4) is 0 Å². The summed E-state index contributed by atoms with van der Waals surface area (Å²) in [5.74, 6) is 0.638. The highest BCUT2D eigenvalue weighted by Gasteiger charge is 2.27. The third kappa shape index (κ3) is 5.10. The van der Waals surface area contributed by atoms with Crippen molar-refractivity contribution in [3.05, 3.63) is 22.8 Å². The third-order valence-electron chi connectivity index (χ3n) is 2.37. The third-order valence-corrected chi connectivity index (χ3v) is 2.72. The van der Waals surface area contributed by atoms with Gasteiger partial charge >= 0.3 is 6.18 Å². The van der Waals surface area contributed by atoms with E-state index >= 15 is 0 Å². The van der Waals surface area contributed by atoms with Gasteiger partial charge in [0.05, 0.1) is 17.1 Å². The van der Waals surface area contributed by atoms with Gasteiger partial charge in [0.25, 0.3) is 0 Å². The fraction of sp³-hybridized carbons (Fsp3) is 0.545. The highest BCUT2D eigenvalue weighted by atomic mass is 35.5. The smallest absolute Gasteiger partial charge is 0.373 e. The van der Waals surface area contributed by atoms with Crippen molar-refractivity contribution in [2.24, 2.45) is 0 Å². The van der Waals surface area contributed by atoms with Crippen LogP contribution >= 0.6 is 11.6 Å². The monoisotopic (exact) mass is 281 g/mol. The van der Waals surface area contributed by atoms with E-state index in [9.17, 15) is 13.2 Å². The van der Waals surface area contributed by atoms with Gasteiger partial charge in [-0.2, -0.15) is 13.2 Å². The number of halogens is 4. The number of alkyl halides is 3. The maximum Gasteiger partial charge on any atom is 0.390 e. The summed E-state index contributed by atoms with van der Waals surface area (Å²) in [6.45, 7) is 0.204. The summed E-state index contributed by atoms with van der Waals surface area (Å²) >= 11 is 5.95. The van der Waals surface area contributed by atoms with E-state index < -0.39 is 12.6 Å². The van der Waals surface area contributed by atoms with Gasteiger partial charge in [0.1, 0.15) is 5.82 Å². The van der Waals surface area contributed by atoms with Crippen LogP contribution in [0.15, 0.2) is 12.1 Å². The number of nitrogens with one attached hydrogen (secondary N) is 1. The van der Waals surface area contributed by atoms with Crippen LogP contribution in [0.2, 0.25) is 5.02 Å². The molecule has 0 saturated carbocycles. The molecule has 1 aromatic heterocycles. The van der Waals surface area contributed by atoms with Crippen molar-refractivity contribution in [1.29, 1.82) is 0 Å². The fourth-order valence-corrected chi connectivity index (χ4v) is 1.55. The number of rotatable bonds is 5. The van der Waals surface area contributed by atoms with E-state index in [1.165, 1.54) is 0 Å². The number of anilines is 1. The summed E-state index contributed by atoms with van der Waals surface area (Å²) in [5, 5.41) is 3.31. The number of pyridine rings is 1. The lowest BCUT2D eigenvalue weighted by Gasteiger charge is -2.18. The van der Waals surface area contributed by atoms with Crippen LogP contribution in [0.25, 0.3) is 0 Å². The topological polar surface area (TPSA) is 28.2 Å². The van der Waals surface area contributed by atoms with Crippen molar-refractivity contribution in [3.8, 4) is 0 Å². The zero-order chi connectivity index (χ0) is 13.8. The quantitative estimate of drug-likeness (QED) is 0.899. The number of aromatic nitrogens is 1. The summed E-state index contributed by atoms with van der Waals surface area (Å²) in [4.78, 5) is 5.75. The van der Waals surface area contributed by atoms with Crippen molar-refractivity contribution in [1.82, 2.24) is 9.88 Å². The van der Waals surface area contributed by atoms with Gasteiger partial charge in [-0.1, -0.05) is 11.6 Å². The first-order valence-corrected chi connectivity index (χ1v) is 5.78. The molecule has 18 heavy (non-hydrogen) atoms. The molecule has 1 heterocycles. The molecule has 0 saturated heterocycles. The number of hydrogen-bond donors (Lipinski definition) is 1. The molecular formula is C11H15ClF3N3. The lowest BCUT2D eigenvalue weighted by molar-refractivity contribution is -0.137. The summed E-state index contributed by atoms with van der Waals surface area (Å²) in [6, 6.07) is 3.38. The highest BCUT2D eigenvalue weighted by molar-refractivity contribution is 6.31. The molecule has 0 aromatic carbocycles. The summed E-state index contributed by atoms with van der Waals surface area (Å²) in [6.07, 6.45) is -4.98. The number of hydrogen-bond acceptors (Lipinski definition) is 3. The average Bonchev–Trinajstić information content (AvgIpc) is 2.28. The van der Waals surface area contributed by atoms with E-state index in [4.69, 9.17) is 11.6 Å². The Morgan fingerprint density at radius 1 is 1.39 bits per heavy atom. The maximum atomic E-state index is 12.1. The second kappa shape index (κ2) is 6.24. The number of nitrogens with zero attached hydrogens (tertiary/aromatic N) is 2. The predicted octanol–water partition coefficient (Wildman–Crippen LogP) is 3.16.